The fourth-order valence-corrected chi connectivity index (χ4v) is 3.38. The van der Waals surface area contributed by atoms with Gasteiger partial charge in [0, 0.05) is 19.7 Å². The van der Waals surface area contributed by atoms with Crippen molar-refractivity contribution in [3.05, 3.63) is 32.2 Å². The summed E-state index contributed by atoms with van der Waals surface area (Å²) in [6.45, 7) is 0.880. The molecule has 1 amide bonds. The molecule has 0 aliphatic heterocycles. The first-order valence-electron chi connectivity index (χ1n) is 6.61. The summed E-state index contributed by atoms with van der Waals surface area (Å²) < 4.78 is 6.13. The lowest BCUT2D eigenvalue weighted by molar-refractivity contribution is 0.0719. The molecule has 0 spiro atoms. The zero-order valence-electron chi connectivity index (χ0n) is 11.5. The summed E-state index contributed by atoms with van der Waals surface area (Å²) in [7, 11) is 1.57. The minimum absolute atomic E-state index is 0.0828. The van der Waals surface area contributed by atoms with Gasteiger partial charge in [-0.1, -0.05) is 0 Å². The largest absolute Gasteiger partial charge is 0.378 e. The molecule has 1 saturated carbocycles. The van der Waals surface area contributed by atoms with Gasteiger partial charge >= 0.3 is 0 Å². The van der Waals surface area contributed by atoms with Gasteiger partial charge in [0.15, 0.2) is 5.69 Å². The van der Waals surface area contributed by atoms with Gasteiger partial charge in [0.2, 0.25) is 0 Å². The first-order chi connectivity index (χ1) is 10.2. The van der Waals surface area contributed by atoms with Crippen LogP contribution in [0.4, 0.5) is 0 Å². The van der Waals surface area contributed by atoms with Gasteiger partial charge in [0.25, 0.3) is 5.91 Å². The number of ether oxygens (including phenoxy) is 1. The van der Waals surface area contributed by atoms with Crippen LogP contribution < -0.4 is 0 Å². The number of H-pyrrole nitrogens is 1. The quantitative estimate of drug-likeness (QED) is 0.847. The van der Waals surface area contributed by atoms with E-state index in [4.69, 9.17) is 4.74 Å². The highest BCUT2D eigenvalue weighted by molar-refractivity contribution is 9.11. The van der Waals surface area contributed by atoms with Crippen molar-refractivity contribution < 1.29 is 9.53 Å². The van der Waals surface area contributed by atoms with Crippen LogP contribution in [-0.4, -0.2) is 39.4 Å². The lowest BCUT2D eigenvalue weighted by Gasteiger charge is -2.21. The molecular formula is C13H15BrN4O2S. The highest BCUT2D eigenvalue weighted by atomic mass is 79.9. The third-order valence-corrected chi connectivity index (χ3v) is 4.88. The Kier molecular flexibility index (Phi) is 4.37. The Balaban J connectivity index is 1.80. The molecule has 8 heteroatoms. The molecule has 1 fully saturated rings. The van der Waals surface area contributed by atoms with Gasteiger partial charge in [-0.2, -0.15) is 15.4 Å². The van der Waals surface area contributed by atoms with Gasteiger partial charge in [-0.3, -0.25) is 4.79 Å². The van der Waals surface area contributed by atoms with Crippen molar-refractivity contribution in [1.29, 1.82) is 0 Å². The third-order valence-electron chi connectivity index (χ3n) is 3.33. The number of carbonyl (C=O) groups excluding carboxylic acids is 1. The maximum absolute atomic E-state index is 12.7. The number of nitrogens with zero attached hydrogens (tertiary/aromatic N) is 3. The van der Waals surface area contributed by atoms with Crippen molar-refractivity contribution in [1.82, 2.24) is 20.3 Å². The van der Waals surface area contributed by atoms with Crippen molar-refractivity contribution >= 4 is 33.2 Å². The molecular weight excluding hydrogens is 356 g/mol. The summed E-state index contributed by atoms with van der Waals surface area (Å²) in [4.78, 5) is 14.6. The maximum atomic E-state index is 12.7. The first-order valence-corrected chi connectivity index (χ1v) is 8.28. The van der Waals surface area contributed by atoms with Gasteiger partial charge in [-0.25, -0.2) is 0 Å². The molecule has 0 aromatic carbocycles. The predicted octanol–water partition coefficient (Wildman–Crippen LogP) is 2.58. The van der Waals surface area contributed by atoms with E-state index in [1.165, 1.54) is 0 Å². The van der Waals surface area contributed by atoms with Crippen LogP contribution in [0.2, 0.25) is 0 Å². The minimum Gasteiger partial charge on any atom is -0.378 e. The van der Waals surface area contributed by atoms with E-state index in [0.717, 1.165) is 22.2 Å². The average Bonchev–Trinajstić information content (AvgIpc) is 3.06. The summed E-state index contributed by atoms with van der Waals surface area (Å²) in [5, 5.41) is 12.6. The van der Waals surface area contributed by atoms with Gasteiger partial charge in [-0.15, -0.1) is 11.3 Å². The van der Waals surface area contributed by atoms with Crippen molar-refractivity contribution in [3.8, 4) is 0 Å². The number of hydrogen-bond donors (Lipinski definition) is 1. The van der Waals surface area contributed by atoms with Crippen LogP contribution in [0.15, 0.2) is 15.2 Å². The summed E-state index contributed by atoms with van der Waals surface area (Å²) in [6.07, 6.45) is 2.10. The molecule has 2 aromatic rings. The smallest absolute Gasteiger partial charge is 0.276 e. The summed E-state index contributed by atoms with van der Waals surface area (Å²) >= 11 is 5.08. The topological polar surface area (TPSA) is 71.1 Å². The highest BCUT2D eigenvalue weighted by Crippen LogP contribution is 2.31. The lowest BCUT2D eigenvalue weighted by Crippen LogP contribution is -2.33. The maximum Gasteiger partial charge on any atom is 0.276 e. The lowest BCUT2D eigenvalue weighted by atomic mass is 10.2. The van der Waals surface area contributed by atoms with Crippen LogP contribution in [0.1, 0.15) is 34.6 Å². The van der Waals surface area contributed by atoms with Crippen LogP contribution in [0, 0.1) is 0 Å². The number of methoxy groups -OCH3 is 1. The van der Waals surface area contributed by atoms with E-state index < -0.39 is 0 Å². The fourth-order valence-electron chi connectivity index (χ4n) is 2.18. The second kappa shape index (κ2) is 6.25. The second-order valence-electron chi connectivity index (χ2n) is 4.98. The normalized spacial score (nSPS) is 14.4. The fraction of sp³-hybridized carbons (Fsp3) is 0.462. The number of hydrogen-bond acceptors (Lipinski definition) is 5. The number of amides is 1. The molecule has 0 bridgehead atoms. The van der Waals surface area contributed by atoms with Crippen molar-refractivity contribution in [2.75, 3.05) is 7.11 Å². The van der Waals surface area contributed by atoms with Crippen molar-refractivity contribution in [2.24, 2.45) is 0 Å². The molecule has 2 aromatic heterocycles. The Hall–Kier alpha value is -1.25. The first kappa shape index (κ1) is 14.7. The highest BCUT2D eigenvalue weighted by Gasteiger charge is 2.35. The monoisotopic (exact) mass is 370 g/mol. The van der Waals surface area contributed by atoms with E-state index in [2.05, 4.69) is 36.7 Å². The Morgan fingerprint density at radius 1 is 1.57 bits per heavy atom. The number of carbonyl (C=O) groups is 1. The van der Waals surface area contributed by atoms with Crippen LogP contribution in [0.25, 0.3) is 0 Å². The molecule has 2 heterocycles. The molecule has 21 heavy (non-hydrogen) atoms. The standard InChI is InChI=1S/C13H15BrN4O2S/c1-20-6-10-12(16-17-15-10)13(19)18(9-2-3-9)5-8-4-11(14)21-7-8/h4,7,9H,2-3,5-6H2,1H3,(H,15,16,17). The molecule has 0 atom stereocenters. The molecule has 1 aliphatic rings. The van der Waals surface area contributed by atoms with Gasteiger partial charge < -0.3 is 9.64 Å². The number of halogens is 1. The Morgan fingerprint density at radius 3 is 3.00 bits per heavy atom. The molecule has 6 nitrogen and oxygen atoms in total. The Bertz CT molecular complexity index is 638. The SMILES string of the molecule is COCc1n[nH]nc1C(=O)N(Cc1csc(Br)c1)C1CC1. The second-order valence-corrected chi connectivity index (χ2v) is 7.27. The Labute approximate surface area is 134 Å². The Morgan fingerprint density at radius 2 is 2.38 bits per heavy atom. The van der Waals surface area contributed by atoms with E-state index in [9.17, 15) is 4.79 Å². The number of thiophene rings is 1. The molecule has 0 unspecified atom stereocenters. The van der Waals surface area contributed by atoms with E-state index in [1.807, 2.05) is 11.0 Å². The zero-order valence-corrected chi connectivity index (χ0v) is 13.9. The average molecular weight is 371 g/mol. The van der Waals surface area contributed by atoms with E-state index in [-0.39, 0.29) is 12.5 Å². The van der Waals surface area contributed by atoms with Gasteiger partial charge in [0.1, 0.15) is 5.69 Å². The van der Waals surface area contributed by atoms with E-state index in [0.29, 0.717) is 24.0 Å². The zero-order chi connectivity index (χ0) is 14.8. The van der Waals surface area contributed by atoms with Crippen LogP contribution >= 0.6 is 27.3 Å². The minimum atomic E-state index is -0.0828. The van der Waals surface area contributed by atoms with Crippen molar-refractivity contribution in [2.45, 2.75) is 32.0 Å². The third kappa shape index (κ3) is 3.33. The number of aromatic nitrogens is 3. The molecule has 112 valence electrons. The molecule has 1 aliphatic carbocycles. The summed E-state index contributed by atoms with van der Waals surface area (Å²) in [5.41, 5.74) is 2.04. The predicted molar refractivity (Wildman–Crippen MR) is 82.0 cm³/mol. The molecule has 0 radical (unpaired) electrons. The van der Waals surface area contributed by atoms with E-state index in [1.54, 1.807) is 18.4 Å². The number of nitrogens with one attached hydrogen (secondary N) is 1. The van der Waals surface area contributed by atoms with Gasteiger partial charge in [0.05, 0.1) is 10.4 Å². The van der Waals surface area contributed by atoms with Crippen molar-refractivity contribution in [3.63, 3.8) is 0 Å². The summed E-state index contributed by atoms with van der Waals surface area (Å²) in [6, 6.07) is 2.36. The van der Waals surface area contributed by atoms with Crippen LogP contribution in [-0.2, 0) is 17.9 Å². The molecule has 1 N–H and O–H groups in total. The van der Waals surface area contributed by atoms with E-state index >= 15 is 0 Å². The van der Waals surface area contributed by atoms with Crippen LogP contribution in [0.5, 0.6) is 0 Å². The molecule has 3 rings (SSSR count). The number of rotatable bonds is 6. The summed E-state index contributed by atoms with van der Waals surface area (Å²) in [5.74, 6) is -0.0828. The molecule has 0 saturated heterocycles. The van der Waals surface area contributed by atoms with Gasteiger partial charge in [-0.05, 0) is 45.8 Å². The van der Waals surface area contributed by atoms with Crippen LogP contribution in [0.3, 0.4) is 0 Å². The number of aromatic amines is 1.